The van der Waals surface area contributed by atoms with E-state index in [1.165, 1.54) is 6.08 Å². The van der Waals surface area contributed by atoms with Crippen LogP contribution in [0.3, 0.4) is 0 Å². The minimum atomic E-state index is -3.71. The second-order valence-electron chi connectivity index (χ2n) is 8.52. The molecule has 0 aliphatic carbocycles. The maximum atomic E-state index is 12.6. The number of nitrogens with one attached hydrogen (secondary N) is 2. The number of halogens is 1. The molecule has 1 aromatic rings. The van der Waals surface area contributed by atoms with E-state index < -0.39 is 27.3 Å². The van der Waals surface area contributed by atoms with Gasteiger partial charge in [-0.05, 0) is 63.8 Å². The van der Waals surface area contributed by atoms with Gasteiger partial charge in [0.15, 0.2) is 0 Å². The summed E-state index contributed by atoms with van der Waals surface area (Å²) in [7, 11) is -3.71. The molecular weight excluding hydrogens is 444 g/mol. The van der Waals surface area contributed by atoms with Crippen LogP contribution in [-0.2, 0) is 14.8 Å². The van der Waals surface area contributed by atoms with Gasteiger partial charge in [0, 0.05) is 22.0 Å². The summed E-state index contributed by atoms with van der Waals surface area (Å²) in [6.45, 7) is 11.2. The smallest absolute Gasteiger partial charge is 0.407 e. The number of hydrogen-bond donors (Lipinski definition) is 2. The fourth-order valence-electron chi connectivity index (χ4n) is 2.75. The fourth-order valence-corrected chi connectivity index (χ4v) is 4.26. The number of hydrogen-bond acceptors (Lipinski definition) is 4. The lowest BCUT2D eigenvalue weighted by atomic mass is 9.92. The Labute approximate surface area is 177 Å². The summed E-state index contributed by atoms with van der Waals surface area (Å²) in [6.07, 6.45) is 1.51. The van der Waals surface area contributed by atoms with E-state index in [9.17, 15) is 13.2 Å². The molecule has 0 saturated carbocycles. The fraction of sp³-hybridized carbons (Fsp3) is 0.550. The quantitative estimate of drug-likeness (QED) is 0.573. The lowest BCUT2D eigenvalue weighted by Gasteiger charge is -2.32. The Balaban J connectivity index is 2.87. The predicted molar refractivity (Wildman–Crippen MR) is 117 cm³/mol. The normalized spacial score (nSPS) is 14.9. The molecule has 6 nitrogen and oxygen atoms in total. The van der Waals surface area contributed by atoms with E-state index in [0.29, 0.717) is 6.42 Å². The van der Waals surface area contributed by atoms with E-state index in [1.54, 1.807) is 27.7 Å². The van der Waals surface area contributed by atoms with Crippen molar-refractivity contribution in [1.29, 1.82) is 0 Å². The summed E-state index contributed by atoms with van der Waals surface area (Å²) < 4.78 is 34.0. The molecule has 0 heterocycles. The summed E-state index contributed by atoms with van der Waals surface area (Å²) in [5.74, 6) is 0.226. The number of benzene rings is 1. The molecule has 0 aliphatic rings. The van der Waals surface area contributed by atoms with Crippen LogP contribution in [0.2, 0.25) is 0 Å². The molecule has 0 radical (unpaired) electrons. The van der Waals surface area contributed by atoms with Gasteiger partial charge in [0.25, 0.3) is 0 Å². The van der Waals surface area contributed by atoms with Crippen LogP contribution in [0.1, 0.15) is 53.5 Å². The van der Waals surface area contributed by atoms with E-state index in [1.807, 2.05) is 38.1 Å². The van der Waals surface area contributed by atoms with Gasteiger partial charge in [0.2, 0.25) is 10.0 Å². The molecule has 1 aromatic carbocycles. The first kappa shape index (κ1) is 24.7. The largest absolute Gasteiger partial charge is 0.444 e. The maximum absolute atomic E-state index is 12.6. The second-order valence-corrected chi connectivity index (χ2v) is 11.0. The van der Waals surface area contributed by atoms with Gasteiger partial charge in [-0.25, -0.2) is 17.9 Å². The summed E-state index contributed by atoms with van der Waals surface area (Å²) in [6, 6.07) is 7.31. The van der Waals surface area contributed by atoms with E-state index >= 15 is 0 Å². The number of carbonyl (C=O) groups is 1. The van der Waals surface area contributed by atoms with E-state index in [4.69, 9.17) is 4.74 Å². The van der Waals surface area contributed by atoms with Gasteiger partial charge in [0.1, 0.15) is 5.60 Å². The standard InChI is InChI=1S/C20H31BrN2O4S/c1-15(2)13-20(6,14-22-18(24)27-19(3,4)5)23-28(25,26)12-11-16-7-9-17(21)10-8-16/h7-12,15,23H,13-14H2,1-6H3,(H,22,24)/b12-11+/t20-/m0/s1. The third-order valence-electron chi connectivity index (χ3n) is 3.58. The van der Waals surface area contributed by atoms with Gasteiger partial charge >= 0.3 is 6.09 Å². The highest BCUT2D eigenvalue weighted by Gasteiger charge is 2.31. The summed E-state index contributed by atoms with van der Waals surface area (Å²) in [5.41, 5.74) is -0.703. The molecule has 1 atom stereocenters. The van der Waals surface area contributed by atoms with Crippen molar-refractivity contribution in [2.45, 2.75) is 59.1 Å². The Morgan fingerprint density at radius 3 is 2.25 bits per heavy atom. The molecule has 0 unspecified atom stereocenters. The molecule has 28 heavy (non-hydrogen) atoms. The molecule has 2 N–H and O–H groups in total. The van der Waals surface area contributed by atoms with Crippen LogP contribution in [0.5, 0.6) is 0 Å². The van der Waals surface area contributed by atoms with Gasteiger partial charge in [0.05, 0.1) is 0 Å². The third-order valence-corrected chi connectivity index (χ3v) is 5.38. The molecule has 0 bridgehead atoms. The number of alkyl carbamates (subject to hydrolysis) is 1. The summed E-state index contributed by atoms with van der Waals surface area (Å²) in [4.78, 5) is 12.0. The van der Waals surface area contributed by atoms with Crippen LogP contribution < -0.4 is 10.0 Å². The van der Waals surface area contributed by atoms with Crippen LogP contribution in [0.25, 0.3) is 6.08 Å². The van der Waals surface area contributed by atoms with E-state index in [0.717, 1.165) is 15.4 Å². The number of amides is 1. The van der Waals surface area contributed by atoms with Crippen LogP contribution in [0.4, 0.5) is 4.79 Å². The van der Waals surface area contributed by atoms with Crippen LogP contribution in [-0.4, -0.2) is 32.2 Å². The summed E-state index contributed by atoms with van der Waals surface area (Å²) >= 11 is 3.35. The zero-order chi connectivity index (χ0) is 21.6. The monoisotopic (exact) mass is 474 g/mol. The van der Waals surface area contributed by atoms with Crippen molar-refractivity contribution in [2.75, 3.05) is 6.54 Å². The second kappa shape index (κ2) is 9.89. The molecule has 1 amide bonds. The van der Waals surface area contributed by atoms with Crippen molar-refractivity contribution in [3.8, 4) is 0 Å². The first-order chi connectivity index (χ1) is 12.7. The highest BCUT2D eigenvalue weighted by atomic mass is 79.9. The van der Waals surface area contributed by atoms with Crippen molar-refractivity contribution < 1.29 is 17.9 Å². The van der Waals surface area contributed by atoms with Gasteiger partial charge in [-0.2, -0.15) is 0 Å². The zero-order valence-electron chi connectivity index (χ0n) is 17.4. The molecule has 0 spiro atoms. The molecular formula is C20H31BrN2O4S. The molecule has 158 valence electrons. The lowest BCUT2D eigenvalue weighted by molar-refractivity contribution is 0.0511. The summed E-state index contributed by atoms with van der Waals surface area (Å²) in [5, 5.41) is 3.81. The molecule has 8 heteroatoms. The van der Waals surface area contributed by atoms with Crippen LogP contribution in [0.15, 0.2) is 34.1 Å². The Bertz CT molecular complexity index is 783. The van der Waals surface area contributed by atoms with Crippen molar-refractivity contribution in [1.82, 2.24) is 10.0 Å². The SMILES string of the molecule is CC(C)C[C@@](C)(CNC(=O)OC(C)(C)C)NS(=O)(=O)/C=C/c1ccc(Br)cc1. The third kappa shape index (κ3) is 10.2. The Hall–Kier alpha value is -1.38. The number of rotatable bonds is 8. The molecule has 1 rings (SSSR count). The van der Waals surface area contributed by atoms with E-state index in [2.05, 4.69) is 26.0 Å². The van der Waals surface area contributed by atoms with Crippen LogP contribution in [0, 0.1) is 5.92 Å². The van der Waals surface area contributed by atoms with Crippen molar-refractivity contribution in [2.24, 2.45) is 5.92 Å². The average molecular weight is 475 g/mol. The minimum absolute atomic E-state index is 0.117. The average Bonchev–Trinajstić information content (AvgIpc) is 2.50. The number of carbonyl (C=O) groups excluding carboxylic acids is 1. The first-order valence-electron chi connectivity index (χ1n) is 9.14. The van der Waals surface area contributed by atoms with Crippen LogP contribution >= 0.6 is 15.9 Å². The zero-order valence-corrected chi connectivity index (χ0v) is 19.8. The highest BCUT2D eigenvalue weighted by Crippen LogP contribution is 2.19. The molecule has 0 fully saturated rings. The van der Waals surface area contributed by atoms with Gasteiger partial charge < -0.3 is 10.1 Å². The Kier molecular flexibility index (Phi) is 8.71. The highest BCUT2D eigenvalue weighted by molar-refractivity contribution is 9.10. The Morgan fingerprint density at radius 1 is 1.18 bits per heavy atom. The number of sulfonamides is 1. The number of ether oxygens (including phenoxy) is 1. The topological polar surface area (TPSA) is 84.5 Å². The molecule has 0 saturated heterocycles. The Morgan fingerprint density at radius 2 is 1.75 bits per heavy atom. The first-order valence-corrected chi connectivity index (χ1v) is 11.5. The lowest BCUT2D eigenvalue weighted by Crippen LogP contribution is -2.54. The van der Waals surface area contributed by atoms with Crippen molar-refractivity contribution in [3.05, 3.63) is 39.7 Å². The van der Waals surface area contributed by atoms with Gasteiger partial charge in [-0.3, -0.25) is 0 Å². The van der Waals surface area contributed by atoms with Crippen molar-refractivity contribution in [3.63, 3.8) is 0 Å². The minimum Gasteiger partial charge on any atom is -0.444 e. The van der Waals surface area contributed by atoms with Gasteiger partial charge in [-0.1, -0.05) is 41.9 Å². The maximum Gasteiger partial charge on any atom is 0.407 e. The molecule has 0 aromatic heterocycles. The predicted octanol–water partition coefficient (Wildman–Crippen LogP) is 4.67. The van der Waals surface area contributed by atoms with E-state index in [-0.39, 0.29) is 12.5 Å². The van der Waals surface area contributed by atoms with Gasteiger partial charge in [-0.15, -0.1) is 0 Å². The molecule has 0 aliphatic heterocycles. The van der Waals surface area contributed by atoms with Crippen molar-refractivity contribution >= 4 is 38.1 Å².